The lowest BCUT2D eigenvalue weighted by atomic mass is 9.97. The summed E-state index contributed by atoms with van der Waals surface area (Å²) in [6.45, 7) is 0.718. The van der Waals surface area contributed by atoms with Crippen LogP contribution in [0, 0.1) is 0 Å². The van der Waals surface area contributed by atoms with E-state index in [2.05, 4.69) is 5.32 Å². The van der Waals surface area contributed by atoms with Crippen molar-refractivity contribution in [1.29, 1.82) is 0 Å². The highest BCUT2D eigenvalue weighted by Crippen LogP contribution is 2.30. The molecule has 0 aliphatic heterocycles. The summed E-state index contributed by atoms with van der Waals surface area (Å²) in [4.78, 5) is 12.5. The first-order valence-electron chi connectivity index (χ1n) is 8.93. The van der Waals surface area contributed by atoms with Gasteiger partial charge in [0.25, 0.3) is 0 Å². The second-order valence-corrected chi connectivity index (χ2v) is 6.11. The summed E-state index contributed by atoms with van der Waals surface area (Å²) in [5.41, 5.74) is 7.51. The molecule has 1 atom stereocenters. The number of unbranched alkanes of at least 4 members (excludes halogenated alkanes) is 3. The lowest BCUT2D eigenvalue weighted by Crippen LogP contribution is -2.29. The van der Waals surface area contributed by atoms with Crippen LogP contribution >= 0.6 is 12.4 Å². The quantitative estimate of drug-likeness (QED) is 0.610. The summed E-state index contributed by atoms with van der Waals surface area (Å²) in [6.07, 6.45) is 4.56. The molecule has 26 heavy (non-hydrogen) atoms. The summed E-state index contributed by atoms with van der Waals surface area (Å²) in [5.74, 6) is 0.840. The maximum absolute atomic E-state index is 12.5. The van der Waals surface area contributed by atoms with Crippen molar-refractivity contribution < 1.29 is 9.53 Å². The van der Waals surface area contributed by atoms with E-state index >= 15 is 0 Å². The number of nitrogens with two attached hydrogens (primary N) is 1. The summed E-state index contributed by atoms with van der Waals surface area (Å²) in [5, 5.41) is 3.17. The molecule has 2 aromatic rings. The minimum atomic E-state index is -0.214. The van der Waals surface area contributed by atoms with Crippen molar-refractivity contribution in [3.05, 3.63) is 65.7 Å². The van der Waals surface area contributed by atoms with Crippen LogP contribution in [0.3, 0.4) is 0 Å². The molecular weight excluding hydrogens is 348 g/mol. The SMILES string of the molecule is COc1ccccc1C(NC(=O)CCCCCCN)c1ccccc1.Cl. The van der Waals surface area contributed by atoms with Gasteiger partial charge in [-0.05, 0) is 31.0 Å². The van der Waals surface area contributed by atoms with Crippen molar-refractivity contribution in [2.24, 2.45) is 5.73 Å². The number of amides is 1. The molecule has 0 saturated carbocycles. The molecule has 0 radical (unpaired) electrons. The summed E-state index contributed by atoms with van der Waals surface area (Å²) >= 11 is 0. The Morgan fingerprint density at radius 2 is 1.65 bits per heavy atom. The van der Waals surface area contributed by atoms with Crippen LogP contribution in [0.25, 0.3) is 0 Å². The molecule has 2 rings (SSSR count). The van der Waals surface area contributed by atoms with E-state index in [0.29, 0.717) is 6.42 Å². The van der Waals surface area contributed by atoms with Crippen LogP contribution in [0.5, 0.6) is 5.75 Å². The van der Waals surface area contributed by atoms with Gasteiger partial charge in [0.2, 0.25) is 5.91 Å². The van der Waals surface area contributed by atoms with Gasteiger partial charge in [0.1, 0.15) is 5.75 Å². The van der Waals surface area contributed by atoms with Crippen LogP contribution in [-0.2, 0) is 4.79 Å². The zero-order valence-electron chi connectivity index (χ0n) is 15.3. The lowest BCUT2D eigenvalue weighted by molar-refractivity contribution is -0.121. The van der Waals surface area contributed by atoms with Crippen molar-refractivity contribution in [2.75, 3.05) is 13.7 Å². The maximum atomic E-state index is 12.5. The van der Waals surface area contributed by atoms with E-state index in [1.807, 2.05) is 54.6 Å². The molecule has 0 spiro atoms. The Morgan fingerprint density at radius 3 is 2.35 bits per heavy atom. The molecule has 1 amide bonds. The van der Waals surface area contributed by atoms with Crippen LogP contribution in [0.1, 0.15) is 49.3 Å². The lowest BCUT2D eigenvalue weighted by Gasteiger charge is -2.22. The molecule has 4 nitrogen and oxygen atoms in total. The number of hydrogen-bond donors (Lipinski definition) is 2. The number of nitrogens with one attached hydrogen (secondary N) is 1. The Balaban J connectivity index is 0.00000338. The van der Waals surface area contributed by atoms with Gasteiger partial charge in [0.15, 0.2) is 0 Å². The number of rotatable bonds is 10. The maximum Gasteiger partial charge on any atom is 0.220 e. The van der Waals surface area contributed by atoms with E-state index in [1.54, 1.807) is 7.11 Å². The van der Waals surface area contributed by atoms with Crippen molar-refractivity contribution >= 4 is 18.3 Å². The van der Waals surface area contributed by atoms with E-state index in [4.69, 9.17) is 10.5 Å². The Bertz CT molecular complexity index is 649. The van der Waals surface area contributed by atoms with E-state index < -0.39 is 0 Å². The molecule has 0 aliphatic carbocycles. The Hall–Kier alpha value is -2.04. The zero-order valence-corrected chi connectivity index (χ0v) is 16.1. The van der Waals surface area contributed by atoms with E-state index in [0.717, 1.165) is 49.1 Å². The number of ether oxygens (including phenoxy) is 1. The number of halogens is 1. The van der Waals surface area contributed by atoms with E-state index in [-0.39, 0.29) is 24.4 Å². The van der Waals surface area contributed by atoms with Crippen molar-refractivity contribution in [3.63, 3.8) is 0 Å². The molecule has 0 aromatic heterocycles. The largest absolute Gasteiger partial charge is 0.496 e. The van der Waals surface area contributed by atoms with Crippen molar-refractivity contribution in [1.82, 2.24) is 5.32 Å². The number of carbonyl (C=O) groups excluding carboxylic acids is 1. The molecule has 1 unspecified atom stereocenters. The number of benzene rings is 2. The van der Waals surface area contributed by atoms with Crippen LogP contribution < -0.4 is 15.8 Å². The van der Waals surface area contributed by atoms with Crippen LogP contribution in [-0.4, -0.2) is 19.6 Å². The highest BCUT2D eigenvalue weighted by Gasteiger charge is 2.19. The fraction of sp³-hybridized carbons (Fsp3) is 0.381. The van der Waals surface area contributed by atoms with Crippen LogP contribution in [0.2, 0.25) is 0 Å². The third-order valence-corrected chi connectivity index (χ3v) is 4.25. The standard InChI is InChI=1S/C21H28N2O2.ClH/c1-25-19-14-9-8-13-18(19)21(17-11-5-4-6-12-17)23-20(24)15-7-2-3-10-16-22;/h4-6,8-9,11-14,21H,2-3,7,10,15-16,22H2,1H3,(H,23,24);1H. The summed E-state index contributed by atoms with van der Waals surface area (Å²) in [7, 11) is 1.65. The summed E-state index contributed by atoms with van der Waals surface area (Å²) in [6, 6.07) is 17.6. The second kappa shape index (κ2) is 12.3. The Kier molecular flexibility index (Phi) is 10.4. The fourth-order valence-electron chi connectivity index (χ4n) is 2.91. The molecule has 142 valence electrons. The molecule has 0 fully saturated rings. The number of methoxy groups -OCH3 is 1. The average molecular weight is 377 g/mol. The monoisotopic (exact) mass is 376 g/mol. The molecule has 2 aromatic carbocycles. The highest BCUT2D eigenvalue weighted by atomic mass is 35.5. The minimum absolute atomic E-state index is 0. The topological polar surface area (TPSA) is 64.3 Å². The predicted molar refractivity (Wildman–Crippen MR) is 109 cm³/mol. The van der Waals surface area contributed by atoms with Crippen molar-refractivity contribution in [2.45, 2.75) is 38.1 Å². The van der Waals surface area contributed by atoms with Gasteiger partial charge in [-0.25, -0.2) is 0 Å². The normalized spacial score (nSPS) is 11.3. The molecule has 0 aliphatic rings. The van der Waals surface area contributed by atoms with Crippen LogP contribution in [0.4, 0.5) is 0 Å². The van der Waals surface area contributed by atoms with Gasteiger partial charge in [0, 0.05) is 12.0 Å². The average Bonchev–Trinajstić information content (AvgIpc) is 2.66. The highest BCUT2D eigenvalue weighted by molar-refractivity contribution is 5.85. The molecule has 3 N–H and O–H groups in total. The van der Waals surface area contributed by atoms with Crippen LogP contribution in [0.15, 0.2) is 54.6 Å². The van der Waals surface area contributed by atoms with Gasteiger partial charge in [-0.2, -0.15) is 0 Å². The molecule has 5 heteroatoms. The zero-order chi connectivity index (χ0) is 17.9. The minimum Gasteiger partial charge on any atom is -0.496 e. The van der Waals surface area contributed by atoms with Gasteiger partial charge in [-0.3, -0.25) is 4.79 Å². The molecule has 0 saturated heterocycles. The Morgan fingerprint density at radius 1 is 1.00 bits per heavy atom. The van der Waals surface area contributed by atoms with Gasteiger partial charge < -0.3 is 15.8 Å². The second-order valence-electron chi connectivity index (χ2n) is 6.11. The molecular formula is C21H29ClN2O2. The Labute approximate surface area is 162 Å². The smallest absolute Gasteiger partial charge is 0.220 e. The predicted octanol–water partition coefficient (Wildman–Crippen LogP) is 4.23. The third-order valence-electron chi connectivity index (χ3n) is 4.25. The number of hydrogen-bond acceptors (Lipinski definition) is 3. The third kappa shape index (κ3) is 6.70. The van der Waals surface area contributed by atoms with Gasteiger partial charge >= 0.3 is 0 Å². The van der Waals surface area contributed by atoms with Gasteiger partial charge in [-0.1, -0.05) is 61.4 Å². The fourth-order valence-corrected chi connectivity index (χ4v) is 2.91. The first kappa shape index (κ1) is 22.0. The number of carbonyl (C=O) groups is 1. The summed E-state index contributed by atoms with van der Waals surface area (Å²) < 4.78 is 5.49. The first-order chi connectivity index (χ1) is 12.3. The van der Waals surface area contributed by atoms with Gasteiger partial charge in [-0.15, -0.1) is 12.4 Å². The van der Waals surface area contributed by atoms with E-state index in [9.17, 15) is 4.79 Å². The van der Waals surface area contributed by atoms with Gasteiger partial charge in [0.05, 0.1) is 13.2 Å². The van der Waals surface area contributed by atoms with Crippen molar-refractivity contribution in [3.8, 4) is 5.75 Å². The molecule has 0 bridgehead atoms. The number of para-hydroxylation sites is 1. The first-order valence-corrected chi connectivity index (χ1v) is 8.93. The molecule has 0 heterocycles. The van der Waals surface area contributed by atoms with E-state index in [1.165, 1.54) is 0 Å².